The van der Waals surface area contributed by atoms with Crippen LogP contribution in [0.5, 0.6) is 0 Å². The highest BCUT2D eigenvalue weighted by molar-refractivity contribution is 5.47. The molecule has 0 heteroatoms. The molecule has 0 saturated heterocycles. The molecule has 0 fully saturated rings. The Bertz CT molecular complexity index is 577. The summed E-state index contributed by atoms with van der Waals surface area (Å²) in [4.78, 5) is 0. The lowest BCUT2D eigenvalue weighted by molar-refractivity contribution is 0.575. The second kappa shape index (κ2) is 15.2. The zero-order valence-corrected chi connectivity index (χ0v) is 16.6. The van der Waals surface area contributed by atoms with Crippen LogP contribution in [-0.2, 0) is 6.42 Å². The Morgan fingerprint density at radius 3 is 1.62 bits per heavy atom. The van der Waals surface area contributed by atoms with Crippen LogP contribution in [0.15, 0.2) is 67.8 Å². The number of rotatable bonds is 11. The Balaban J connectivity index is 0.000000350. The maximum absolute atomic E-state index is 3.78. The molecule has 2 aromatic carbocycles. The van der Waals surface area contributed by atoms with Crippen molar-refractivity contribution in [3.63, 3.8) is 0 Å². The van der Waals surface area contributed by atoms with Gasteiger partial charge in [-0.05, 0) is 29.5 Å². The Kier molecular flexibility index (Phi) is 12.8. The quantitative estimate of drug-likeness (QED) is 0.358. The third-order valence-corrected chi connectivity index (χ3v) is 4.57. The van der Waals surface area contributed by atoms with Gasteiger partial charge in [0, 0.05) is 0 Å². The molecule has 26 heavy (non-hydrogen) atoms. The summed E-state index contributed by atoms with van der Waals surface area (Å²) >= 11 is 0. The maximum Gasteiger partial charge on any atom is -0.0262 e. The number of aryl methyl sites for hydroxylation is 1. The fraction of sp³-hybridized carbons (Fsp3) is 0.385. The largest absolute Gasteiger partial charge is 0.0985 e. The van der Waals surface area contributed by atoms with Crippen LogP contribution in [0.3, 0.4) is 0 Å². The van der Waals surface area contributed by atoms with Gasteiger partial charge in [0.15, 0.2) is 0 Å². The molecule has 0 aliphatic carbocycles. The minimum atomic E-state index is 1.17. The van der Waals surface area contributed by atoms with Crippen LogP contribution in [0.25, 0.3) is 12.2 Å². The van der Waals surface area contributed by atoms with E-state index in [9.17, 15) is 0 Å². The molecule has 0 atom stereocenters. The Morgan fingerprint density at radius 2 is 1.12 bits per heavy atom. The van der Waals surface area contributed by atoms with Gasteiger partial charge in [-0.25, -0.2) is 0 Å². The molecular weight excluding hydrogens is 312 g/mol. The van der Waals surface area contributed by atoms with Gasteiger partial charge in [0.1, 0.15) is 0 Å². The lowest BCUT2D eigenvalue weighted by Crippen LogP contribution is -1.86. The van der Waals surface area contributed by atoms with E-state index in [1.807, 2.05) is 42.5 Å². The molecule has 0 bridgehead atoms. The van der Waals surface area contributed by atoms with Crippen molar-refractivity contribution in [3.8, 4) is 0 Å². The lowest BCUT2D eigenvalue weighted by atomic mass is 10.0. The molecule has 0 amide bonds. The molecular formula is C26H36. The minimum Gasteiger partial charge on any atom is -0.0985 e. The molecule has 2 aromatic rings. The van der Waals surface area contributed by atoms with Crippen LogP contribution >= 0.6 is 0 Å². The van der Waals surface area contributed by atoms with Gasteiger partial charge in [0.05, 0.1) is 0 Å². The van der Waals surface area contributed by atoms with E-state index in [2.05, 4.69) is 44.3 Å². The van der Waals surface area contributed by atoms with E-state index in [4.69, 9.17) is 0 Å². The van der Waals surface area contributed by atoms with E-state index in [1.165, 1.54) is 74.5 Å². The van der Waals surface area contributed by atoms with Gasteiger partial charge < -0.3 is 0 Å². The van der Waals surface area contributed by atoms with Crippen LogP contribution < -0.4 is 0 Å². The monoisotopic (exact) mass is 348 g/mol. The van der Waals surface area contributed by atoms with Gasteiger partial charge in [-0.15, -0.1) is 0 Å². The van der Waals surface area contributed by atoms with Crippen LogP contribution in [0.2, 0.25) is 0 Å². The summed E-state index contributed by atoms with van der Waals surface area (Å²) in [5, 5.41) is 0. The van der Waals surface area contributed by atoms with Gasteiger partial charge in [0.25, 0.3) is 0 Å². The molecule has 0 N–H and O–H groups in total. The number of hydrogen-bond donors (Lipinski definition) is 0. The van der Waals surface area contributed by atoms with Crippen molar-refractivity contribution in [2.75, 3.05) is 0 Å². The fourth-order valence-corrected chi connectivity index (χ4v) is 2.87. The first-order valence-electron chi connectivity index (χ1n) is 10.2. The van der Waals surface area contributed by atoms with Crippen molar-refractivity contribution >= 4 is 12.2 Å². The summed E-state index contributed by atoms with van der Waals surface area (Å²) < 4.78 is 0. The second-order valence-electron chi connectivity index (χ2n) is 6.79. The van der Waals surface area contributed by atoms with Crippen LogP contribution in [0.4, 0.5) is 0 Å². The molecule has 0 saturated carbocycles. The SMILES string of the molecule is C=Cc1ccc(CCCCCCCCCC)cc1.C=Cc1ccccc1. The summed E-state index contributed by atoms with van der Waals surface area (Å²) in [7, 11) is 0. The predicted octanol–water partition coefficient (Wildman–Crippen LogP) is 8.34. The van der Waals surface area contributed by atoms with Gasteiger partial charge in [-0.3, -0.25) is 0 Å². The Labute approximate surface area is 161 Å². The molecule has 0 nitrogen and oxygen atoms in total. The predicted molar refractivity (Wildman–Crippen MR) is 119 cm³/mol. The average Bonchev–Trinajstić information content (AvgIpc) is 2.71. The number of benzene rings is 2. The van der Waals surface area contributed by atoms with Crippen molar-refractivity contribution < 1.29 is 0 Å². The summed E-state index contributed by atoms with van der Waals surface area (Å²) in [5.74, 6) is 0. The molecule has 0 aliphatic rings. The van der Waals surface area contributed by atoms with E-state index in [0.29, 0.717) is 0 Å². The third-order valence-electron chi connectivity index (χ3n) is 4.57. The second-order valence-corrected chi connectivity index (χ2v) is 6.79. The zero-order valence-electron chi connectivity index (χ0n) is 16.6. The average molecular weight is 349 g/mol. The first-order valence-corrected chi connectivity index (χ1v) is 10.2. The van der Waals surface area contributed by atoms with E-state index in [0.717, 1.165) is 0 Å². The minimum absolute atomic E-state index is 1.17. The van der Waals surface area contributed by atoms with Crippen molar-refractivity contribution in [1.29, 1.82) is 0 Å². The van der Waals surface area contributed by atoms with Crippen molar-refractivity contribution in [1.82, 2.24) is 0 Å². The summed E-state index contributed by atoms with van der Waals surface area (Å²) in [6.45, 7) is 9.68. The molecule has 0 aromatic heterocycles. The molecule has 0 aliphatic heterocycles. The normalized spacial score (nSPS) is 9.88. The van der Waals surface area contributed by atoms with Gasteiger partial charge in [-0.2, -0.15) is 0 Å². The summed E-state index contributed by atoms with van der Waals surface area (Å²) in [6.07, 6.45) is 16.1. The summed E-state index contributed by atoms with van der Waals surface area (Å²) in [6, 6.07) is 18.8. The van der Waals surface area contributed by atoms with E-state index in [1.54, 1.807) is 0 Å². The first kappa shape index (κ1) is 22.0. The van der Waals surface area contributed by atoms with Crippen molar-refractivity contribution in [2.24, 2.45) is 0 Å². The lowest BCUT2D eigenvalue weighted by Gasteiger charge is -2.03. The van der Waals surface area contributed by atoms with E-state index >= 15 is 0 Å². The van der Waals surface area contributed by atoms with Crippen LogP contribution in [0, 0.1) is 0 Å². The topological polar surface area (TPSA) is 0 Å². The Hall–Kier alpha value is -2.08. The van der Waals surface area contributed by atoms with Crippen LogP contribution in [-0.4, -0.2) is 0 Å². The highest BCUT2D eigenvalue weighted by atomic mass is 14.0. The van der Waals surface area contributed by atoms with Gasteiger partial charge in [0.2, 0.25) is 0 Å². The molecule has 2 rings (SSSR count). The van der Waals surface area contributed by atoms with E-state index in [-0.39, 0.29) is 0 Å². The van der Waals surface area contributed by atoms with Crippen molar-refractivity contribution in [2.45, 2.75) is 64.7 Å². The zero-order chi connectivity index (χ0) is 18.9. The highest BCUT2D eigenvalue weighted by Gasteiger charge is 1.95. The summed E-state index contributed by atoms with van der Waals surface area (Å²) in [5.41, 5.74) is 3.86. The number of unbranched alkanes of at least 4 members (excludes halogenated alkanes) is 7. The molecule has 140 valence electrons. The molecule has 0 heterocycles. The third kappa shape index (κ3) is 10.7. The maximum atomic E-state index is 3.78. The first-order chi connectivity index (χ1) is 12.8. The van der Waals surface area contributed by atoms with Crippen molar-refractivity contribution in [3.05, 3.63) is 84.4 Å². The molecule has 0 spiro atoms. The standard InChI is InChI=1S/C18H28.C8H8/c1-3-5-6-7-8-9-10-11-12-18-15-13-17(4-2)14-16-18;1-2-8-6-4-3-5-7-8/h4,13-16H,2-3,5-12H2,1H3;2-7H,1H2. The van der Waals surface area contributed by atoms with E-state index < -0.39 is 0 Å². The molecule has 0 unspecified atom stereocenters. The van der Waals surface area contributed by atoms with Crippen LogP contribution in [0.1, 0.15) is 75.0 Å². The highest BCUT2D eigenvalue weighted by Crippen LogP contribution is 2.12. The molecule has 0 radical (unpaired) electrons. The number of hydrogen-bond acceptors (Lipinski definition) is 0. The fourth-order valence-electron chi connectivity index (χ4n) is 2.87. The Morgan fingerprint density at radius 1 is 0.615 bits per heavy atom. The van der Waals surface area contributed by atoms with Gasteiger partial charge >= 0.3 is 0 Å². The smallest absolute Gasteiger partial charge is 0.0262 e. The van der Waals surface area contributed by atoms with Gasteiger partial charge in [-0.1, -0.05) is 132 Å².